The summed E-state index contributed by atoms with van der Waals surface area (Å²) in [6.07, 6.45) is -0.186. The molecule has 2 rings (SSSR count). The normalized spacial score (nSPS) is 32.3. The second-order valence-electron chi connectivity index (χ2n) is 5.43. The maximum atomic E-state index is 10.6. The van der Waals surface area contributed by atoms with Gasteiger partial charge in [0.25, 0.3) is 0 Å². The van der Waals surface area contributed by atoms with Crippen molar-refractivity contribution in [2.75, 3.05) is 6.61 Å². The Bertz CT molecular complexity index is 401. The van der Waals surface area contributed by atoms with Crippen LogP contribution in [0.15, 0.2) is 24.3 Å². The molecule has 1 fully saturated rings. The number of benzene rings is 1. The van der Waals surface area contributed by atoms with Crippen molar-refractivity contribution in [3.63, 3.8) is 0 Å². The molecule has 5 unspecified atom stereocenters. The lowest BCUT2D eigenvalue weighted by atomic mass is 9.82. The maximum Gasteiger partial charge on any atom is 0.119 e. The fourth-order valence-electron chi connectivity index (χ4n) is 2.99. The highest BCUT2D eigenvalue weighted by atomic mass is 16.5. The van der Waals surface area contributed by atoms with E-state index in [0.717, 1.165) is 11.3 Å². The molecule has 106 valence electrons. The number of hydrogen-bond donors (Lipinski definition) is 1. The van der Waals surface area contributed by atoms with Gasteiger partial charge in [0.1, 0.15) is 5.75 Å². The van der Waals surface area contributed by atoms with Crippen molar-refractivity contribution >= 4 is 0 Å². The summed E-state index contributed by atoms with van der Waals surface area (Å²) in [5.41, 5.74) is 0.935. The molecule has 1 aliphatic rings. The molecule has 19 heavy (non-hydrogen) atoms. The highest BCUT2D eigenvalue weighted by molar-refractivity contribution is 5.29. The third-order valence-electron chi connectivity index (χ3n) is 4.22. The fourth-order valence-corrected chi connectivity index (χ4v) is 2.99. The smallest absolute Gasteiger partial charge is 0.119 e. The van der Waals surface area contributed by atoms with Crippen LogP contribution in [0.1, 0.15) is 39.4 Å². The highest BCUT2D eigenvalue weighted by Crippen LogP contribution is 2.40. The summed E-state index contributed by atoms with van der Waals surface area (Å²) >= 11 is 0. The molecule has 5 atom stereocenters. The molecule has 1 aromatic rings. The number of ether oxygens (including phenoxy) is 2. The van der Waals surface area contributed by atoms with Crippen LogP contribution in [-0.2, 0) is 4.74 Å². The molecule has 0 radical (unpaired) electrons. The van der Waals surface area contributed by atoms with Gasteiger partial charge in [-0.1, -0.05) is 19.1 Å². The first-order valence-corrected chi connectivity index (χ1v) is 7.10. The Kier molecular flexibility index (Phi) is 4.48. The summed E-state index contributed by atoms with van der Waals surface area (Å²) in [5, 5.41) is 10.6. The lowest BCUT2D eigenvalue weighted by molar-refractivity contribution is 0.0231. The number of aliphatic hydroxyl groups excluding tert-OH is 1. The fraction of sp³-hybridized carbons (Fsp3) is 0.625. The van der Waals surface area contributed by atoms with E-state index in [1.807, 2.05) is 38.1 Å². The molecule has 1 heterocycles. The highest BCUT2D eigenvalue weighted by Gasteiger charge is 2.41. The molecular weight excluding hydrogens is 240 g/mol. The van der Waals surface area contributed by atoms with Gasteiger partial charge in [0.05, 0.1) is 24.9 Å². The SMILES string of the molecule is CCOc1ccc(C(O)C2C(C)OC(C)C2C)cc1. The Balaban J connectivity index is 2.12. The van der Waals surface area contributed by atoms with Crippen LogP contribution in [-0.4, -0.2) is 23.9 Å². The second kappa shape index (κ2) is 5.93. The van der Waals surface area contributed by atoms with E-state index in [-0.39, 0.29) is 18.1 Å². The van der Waals surface area contributed by atoms with Crippen molar-refractivity contribution in [1.29, 1.82) is 0 Å². The minimum atomic E-state index is -0.481. The summed E-state index contributed by atoms with van der Waals surface area (Å²) < 4.78 is 11.2. The largest absolute Gasteiger partial charge is 0.494 e. The molecule has 0 aromatic heterocycles. The third-order valence-corrected chi connectivity index (χ3v) is 4.22. The predicted molar refractivity (Wildman–Crippen MR) is 75.2 cm³/mol. The number of aliphatic hydroxyl groups is 1. The molecule has 0 bridgehead atoms. The van der Waals surface area contributed by atoms with Gasteiger partial charge >= 0.3 is 0 Å². The Morgan fingerprint density at radius 2 is 1.79 bits per heavy atom. The molecule has 1 aromatic carbocycles. The van der Waals surface area contributed by atoms with Crippen molar-refractivity contribution in [1.82, 2.24) is 0 Å². The lowest BCUT2D eigenvalue weighted by Gasteiger charge is -2.25. The van der Waals surface area contributed by atoms with E-state index >= 15 is 0 Å². The Labute approximate surface area is 115 Å². The first-order chi connectivity index (χ1) is 9.04. The van der Waals surface area contributed by atoms with E-state index in [1.54, 1.807) is 0 Å². The number of rotatable bonds is 4. The third kappa shape index (κ3) is 2.93. The molecule has 1 saturated heterocycles. The summed E-state index contributed by atoms with van der Waals surface area (Å²) in [5.74, 6) is 1.35. The van der Waals surface area contributed by atoms with Crippen LogP contribution in [0.3, 0.4) is 0 Å². The summed E-state index contributed by atoms with van der Waals surface area (Å²) in [6.45, 7) is 8.89. The van der Waals surface area contributed by atoms with Gasteiger partial charge < -0.3 is 14.6 Å². The molecule has 1 N–H and O–H groups in total. The van der Waals surface area contributed by atoms with Gasteiger partial charge in [-0.15, -0.1) is 0 Å². The van der Waals surface area contributed by atoms with Crippen LogP contribution in [0.2, 0.25) is 0 Å². The quantitative estimate of drug-likeness (QED) is 0.907. The van der Waals surface area contributed by atoms with Gasteiger partial charge in [0.15, 0.2) is 0 Å². The van der Waals surface area contributed by atoms with Crippen LogP contribution < -0.4 is 4.74 Å². The topological polar surface area (TPSA) is 38.7 Å². The van der Waals surface area contributed by atoms with E-state index in [2.05, 4.69) is 13.8 Å². The zero-order valence-electron chi connectivity index (χ0n) is 12.2. The lowest BCUT2D eigenvalue weighted by Crippen LogP contribution is -2.24. The Morgan fingerprint density at radius 3 is 2.26 bits per heavy atom. The van der Waals surface area contributed by atoms with Crippen molar-refractivity contribution < 1.29 is 14.6 Å². The van der Waals surface area contributed by atoms with Crippen molar-refractivity contribution in [2.45, 2.75) is 46.0 Å². The number of hydrogen-bond acceptors (Lipinski definition) is 3. The van der Waals surface area contributed by atoms with Gasteiger partial charge in [-0.05, 0) is 44.4 Å². The van der Waals surface area contributed by atoms with Gasteiger partial charge in [-0.2, -0.15) is 0 Å². The van der Waals surface area contributed by atoms with E-state index in [4.69, 9.17) is 9.47 Å². The van der Waals surface area contributed by atoms with E-state index < -0.39 is 6.10 Å². The van der Waals surface area contributed by atoms with Crippen molar-refractivity contribution in [3.8, 4) is 5.75 Å². The molecule has 3 nitrogen and oxygen atoms in total. The van der Waals surface area contributed by atoms with Crippen LogP contribution in [0, 0.1) is 11.8 Å². The molecular formula is C16H24O3. The first kappa shape index (κ1) is 14.4. The monoisotopic (exact) mass is 264 g/mol. The zero-order chi connectivity index (χ0) is 14.0. The van der Waals surface area contributed by atoms with Crippen molar-refractivity contribution in [2.24, 2.45) is 11.8 Å². The van der Waals surface area contributed by atoms with Crippen LogP contribution in [0.4, 0.5) is 0 Å². The van der Waals surface area contributed by atoms with E-state index in [1.165, 1.54) is 0 Å². The van der Waals surface area contributed by atoms with Crippen LogP contribution in [0.5, 0.6) is 5.75 Å². The van der Waals surface area contributed by atoms with Crippen molar-refractivity contribution in [3.05, 3.63) is 29.8 Å². The van der Waals surface area contributed by atoms with E-state index in [0.29, 0.717) is 12.5 Å². The van der Waals surface area contributed by atoms with Crippen LogP contribution >= 0.6 is 0 Å². The molecule has 3 heteroatoms. The predicted octanol–water partition coefficient (Wildman–Crippen LogP) is 3.18. The first-order valence-electron chi connectivity index (χ1n) is 7.10. The maximum absolute atomic E-state index is 10.6. The summed E-state index contributed by atoms with van der Waals surface area (Å²) in [4.78, 5) is 0. The second-order valence-corrected chi connectivity index (χ2v) is 5.43. The summed E-state index contributed by atoms with van der Waals surface area (Å²) in [6, 6.07) is 7.71. The average Bonchev–Trinajstić information content (AvgIpc) is 2.64. The molecule has 0 aliphatic carbocycles. The molecule has 0 amide bonds. The minimum Gasteiger partial charge on any atom is -0.494 e. The molecule has 1 aliphatic heterocycles. The van der Waals surface area contributed by atoms with Gasteiger partial charge in [0, 0.05) is 5.92 Å². The zero-order valence-corrected chi connectivity index (χ0v) is 12.2. The summed E-state index contributed by atoms with van der Waals surface area (Å²) in [7, 11) is 0. The van der Waals surface area contributed by atoms with Gasteiger partial charge in [-0.25, -0.2) is 0 Å². The Morgan fingerprint density at radius 1 is 1.16 bits per heavy atom. The van der Waals surface area contributed by atoms with Gasteiger partial charge in [-0.3, -0.25) is 0 Å². The van der Waals surface area contributed by atoms with Gasteiger partial charge in [0.2, 0.25) is 0 Å². The van der Waals surface area contributed by atoms with E-state index in [9.17, 15) is 5.11 Å². The minimum absolute atomic E-state index is 0.0894. The standard InChI is InChI=1S/C16H24O3/c1-5-18-14-8-6-13(7-9-14)16(17)15-10(2)11(3)19-12(15)4/h6-12,15-17H,5H2,1-4H3. The average molecular weight is 264 g/mol. The van der Waals surface area contributed by atoms with Crippen LogP contribution in [0.25, 0.3) is 0 Å². The Hall–Kier alpha value is -1.06. The molecule has 0 saturated carbocycles. The molecule has 0 spiro atoms.